The van der Waals surface area contributed by atoms with Crippen molar-refractivity contribution >= 4 is 16.7 Å². The first-order valence-electron chi connectivity index (χ1n) is 7.63. The minimum atomic E-state index is -0.770. The Balaban J connectivity index is 2.51. The number of carbonyl (C=O) groups is 1. The number of carboxylic acid groups (broad SMARTS) is 1. The highest BCUT2D eigenvalue weighted by Gasteiger charge is 2.27. The number of rotatable bonds is 7. The predicted molar refractivity (Wildman–Crippen MR) is 86.5 cm³/mol. The first-order chi connectivity index (χ1) is 10.2. The van der Waals surface area contributed by atoms with Gasteiger partial charge in [0.15, 0.2) is 0 Å². The standard InChI is InChI=1S/C18H23NO2/c1-3-12-19(13-4-2)17(18(20)21)16-11-7-9-14-8-5-6-10-15(14)16/h5-11,17H,3-4,12-13H2,1-2H3,(H,20,21). The third-order valence-electron chi connectivity index (χ3n) is 3.74. The van der Waals surface area contributed by atoms with Crippen LogP contribution in [0.4, 0.5) is 0 Å². The molecular formula is C18H23NO2. The highest BCUT2D eigenvalue weighted by atomic mass is 16.4. The van der Waals surface area contributed by atoms with E-state index in [1.807, 2.05) is 42.5 Å². The lowest BCUT2D eigenvalue weighted by Crippen LogP contribution is -2.35. The average Bonchev–Trinajstić information content (AvgIpc) is 2.48. The summed E-state index contributed by atoms with van der Waals surface area (Å²) in [6, 6.07) is 13.3. The Morgan fingerprint density at radius 1 is 1.05 bits per heavy atom. The van der Waals surface area contributed by atoms with Gasteiger partial charge in [-0.3, -0.25) is 9.69 Å². The van der Waals surface area contributed by atoms with Crippen molar-refractivity contribution in [2.75, 3.05) is 13.1 Å². The molecule has 2 rings (SSSR count). The number of hydrogen-bond donors (Lipinski definition) is 1. The number of fused-ring (bicyclic) bond motifs is 1. The summed E-state index contributed by atoms with van der Waals surface area (Å²) in [5.41, 5.74) is 0.891. The maximum atomic E-state index is 11.9. The van der Waals surface area contributed by atoms with E-state index in [1.54, 1.807) is 0 Å². The Labute approximate surface area is 126 Å². The third-order valence-corrected chi connectivity index (χ3v) is 3.74. The highest BCUT2D eigenvalue weighted by Crippen LogP contribution is 2.29. The van der Waals surface area contributed by atoms with Crippen LogP contribution in [0.3, 0.4) is 0 Å². The molecule has 21 heavy (non-hydrogen) atoms. The van der Waals surface area contributed by atoms with Crippen molar-refractivity contribution in [1.29, 1.82) is 0 Å². The number of hydrogen-bond acceptors (Lipinski definition) is 2. The van der Waals surface area contributed by atoms with E-state index in [-0.39, 0.29) is 0 Å². The first kappa shape index (κ1) is 15.5. The van der Waals surface area contributed by atoms with Gasteiger partial charge in [0.2, 0.25) is 0 Å². The summed E-state index contributed by atoms with van der Waals surface area (Å²) < 4.78 is 0. The first-order valence-corrected chi connectivity index (χ1v) is 7.63. The zero-order chi connectivity index (χ0) is 15.2. The second-order valence-corrected chi connectivity index (χ2v) is 5.35. The second kappa shape index (κ2) is 7.23. The molecule has 1 N–H and O–H groups in total. The Morgan fingerprint density at radius 3 is 2.29 bits per heavy atom. The Kier molecular flexibility index (Phi) is 5.34. The lowest BCUT2D eigenvalue weighted by atomic mass is 9.97. The van der Waals surface area contributed by atoms with Crippen LogP contribution in [0, 0.1) is 0 Å². The van der Waals surface area contributed by atoms with Gasteiger partial charge in [0.25, 0.3) is 0 Å². The van der Waals surface area contributed by atoms with Crippen molar-refractivity contribution in [1.82, 2.24) is 4.90 Å². The van der Waals surface area contributed by atoms with Crippen LogP contribution in [0.1, 0.15) is 38.3 Å². The van der Waals surface area contributed by atoms with Crippen LogP contribution in [0.5, 0.6) is 0 Å². The zero-order valence-electron chi connectivity index (χ0n) is 12.7. The molecule has 112 valence electrons. The summed E-state index contributed by atoms with van der Waals surface area (Å²) >= 11 is 0. The van der Waals surface area contributed by atoms with Gasteiger partial charge >= 0.3 is 5.97 Å². The topological polar surface area (TPSA) is 40.5 Å². The van der Waals surface area contributed by atoms with E-state index >= 15 is 0 Å². The Hall–Kier alpha value is -1.87. The van der Waals surface area contributed by atoms with Gasteiger partial charge in [0.05, 0.1) is 0 Å². The lowest BCUT2D eigenvalue weighted by molar-refractivity contribution is -0.143. The molecule has 0 heterocycles. The van der Waals surface area contributed by atoms with E-state index in [2.05, 4.69) is 18.7 Å². The summed E-state index contributed by atoms with van der Waals surface area (Å²) in [7, 11) is 0. The Bertz CT molecular complexity index is 598. The molecule has 0 spiro atoms. The molecule has 0 aliphatic heterocycles. The van der Waals surface area contributed by atoms with Gasteiger partial charge in [0.1, 0.15) is 6.04 Å². The van der Waals surface area contributed by atoms with Gasteiger partial charge in [-0.1, -0.05) is 56.3 Å². The van der Waals surface area contributed by atoms with Crippen molar-refractivity contribution < 1.29 is 9.90 Å². The molecule has 2 aromatic rings. The molecule has 0 radical (unpaired) electrons. The largest absolute Gasteiger partial charge is 0.480 e. The number of benzene rings is 2. The average molecular weight is 285 g/mol. The van der Waals surface area contributed by atoms with Crippen molar-refractivity contribution in [2.45, 2.75) is 32.7 Å². The molecule has 0 saturated carbocycles. The quantitative estimate of drug-likeness (QED) is 0.833. The molecule has 1 atom stereocenters. The summed E-state index contributed by atoms with van der Waals surface area (Å²) in [5, 5.41) is 11.9. The molecule has 3 heteroatoms. The zero-order valence-corrected chi connectivity index (χ0v) is 12.7. The van der Waals surface area contributed by atoms with Crippen LogP contribution < -0.4 is 0 Å². The molecule has 1 unspecified atom stereocenters. The van der Waals surface area contributed by atoms with Crippen LogP contribution in [0.25, 0.3) is 10.8 Å². The van der Waals surface area contributed by atoms with Crippen molar-refractivity contribution in [2.24, 2.45) is 0 Å². The minimum Gasteiger partial charge on any atom is -0.480 e. The van der Waals surface area contributed by atoms with Gasteiger partial charge in [0, 0.05) is 0 Å². The molecule has 0 aromatic heterocycles. The van der Waals surface area contributed by atoms with Crippen LogP contribution in [0.2, 0.25) is 0 Å². The minimum absolute atomic E-state index is 0.573. The molecule has 0 aliphatic rings. The monoisotopic (exact) mass is 285 g/mol. The van der Waals surface area contributed by atoms with Gasteiger partial charge in [-0.2, -0.15) is 0 Å². The fourth-order valence-corrected chi connectivity index (χ4v) is 2.92. The Morgan fingerprint density at radius 2 is 1.67 bits per heavy atom. The molecule has 0 amide bonds. The smallest absolute Gasteiger partial charge is 0.325 e. The maximum Gasteiger partial charge on any atom is 0.325 e. The van der Waals surface area contributed by atoms with Crippen molar-refractivity contribution in [3.05, 3.63) is 48.0 Å². The fraction of sp³-hybridized carbons (Fsp3) is 0.389. The third kappa shape index (κ3) is 3.42. The van der Waals surface area contributed by atoms with E-state index in [4.69, 9.17) is 0 Å². The molecule has 0 aliphatic carbocycles. The molecule has 3 nitrogen and oxygen atoms in total. The van der Waals surface area contributed by atoms with E-state index in [1.165, 1.54) is 0 Å². The van der Waals surface area contributed by atoms with Gasteiger partial charge in [-0.25, -0.2) is 0 Å². The molecule has 0 saturated heterocycles. The SMILES string of the molecule is CCCN(CCC)C(C(=O)O)c1cccc2ccccc12. The van der Waals surface area contributed by atoms with Gasteiger partial charge in [-0.05, 0) is 42.3 Å². The lowest BCUT2D eigenvalue weighted by Gasteiger charge is -2.29. The summed E-state index contributed by atoms with van der Waals surface area (Å²) in [6.07, 6.45) is 1.91. The van der Waals surface area contributed by atoms with E-state index in [9.17, 15) is 9.90 Å². The van der Waals surface area contributed by atoms with Crippen LogP contribution >= 0.6 is 0 Å². The normalized spacial score (nSPS) is 12.7. The fourth-order valence-electron chi connectivity index (χ4n) is 2.92. The number of aliphatic carboxylic acids is 1. The molecule has 0 bridgehead atoms. The summed E-state index contributed by atoms with van der Waals surface area (Å²) in [6.45, 7) is 5.78. The van der Waals surface area contributed by atoms with E-state index in [0.717, 1.165) is 42.3 Å². The molecular weight excluding hydrogens is 262 g/mol. The summed E-state index contributed by atoms with van der Waals surface area (Å²) in [4.78, 5) is 14.0. The van der Waals surface area contributed by atoms with E-state index < -0.39 is 12.0 Å². The predicted octanol–water partition coefficient (Wildman–Crippen LogP) is 4.09. The van der Waals surface area contributed by atoms with Crippen molar-refractivity contribution in [3.63, 3.8) is 0 Å². The van der Waals surface area contributed by atoms with E-state index in [0.29, 0.717) is 0 Å². The van der Waals surface area contributed by atoms with Crippen LogP contribution in [0.15, 0.2) is 42.5 Å². The molecule has 0 fully saturated rings. The van der Waals surface area contributed by atoms with Gasteiger partial charge in [-0.15, -0.1) is 0 Å². The van der Waals surface area contributed by atoms with Crippen LogP contribution in [-0.4, -0.2) is 29.1 Å². The number of carboxylic acids is 1. The van der Waals surface area contributed by atoms with Gasteiger partial charge < -0.3 is 5.11 Å². The number of nitrogens with zero attached hydrogens (tertiary/aromatic N) is 1. The summed E-state index contributed by atoms with van der Waals surface area (Å²) in [5.74, 6) is -0.770. The van der Waals surface area contributed by atoms with Crippen LogP contribution in [-0.2, 0) is 4.79 Å². The van der Waals surface area contributed by atoms with Crippen molar-refractivity contribution in [3.8, 4) is 0 Å². The molecule has 2 aromatic carbocycles. The highest BCUT2D eigenvalue weighted by molar-refractivity contribution is 5.90. The maximum absolute atomic E-state index is 11.9. The second-order valence-electron chi connectivity index (χ2n) is 5.35.